The number of alkyl halides is 3. The van der Waals surface area contributed by atoms with Gasteiger partial charge in [0.15, 0.2) is 5.82 Å². The van der Waals surface area contributed by atoms with Gasteiger partial charge in [0.25, 0.3) is 0 Å². The first kappa shape index (κ1) is 22.1. The smallest absolute Gasteiger partial charge is 0.417 e. The topological polar surface area (TPSA) is 80.2 Å². The number of hydrogen-bond acceptors (Lipinski definition) is 6. The van der Waals surface area contributed by atoms with Crippen molar-refractivity contribution in [3.8, 4) is 0 Å². The van der Waals surface area contributed by atoms with E-state index >= 15 is 0 Å². The molecule has 1 aliphatic carbocycles. The molecule has 30 heavy (non-hydrogen) atoms. The van der Waals surface area contributed by atoms with Crippen LogP contribution in [0, 0.1) is 5.92 Å². The summed E-state index contributed by atoms with van der Waals surface area (Å²) in [6.07, 6.45) is 0.716. The van der Waals surface area contributed by atoms with Crippen molar-refractivity contribution in [1.29, 1.82) is 0 Å². The number of aromatic nitrogens is 3. The Balaban J connectivity index is 0.00000256. The number of amides is 1. The van der Waals surface area contributed by atoms with E-state index in [1.54, 1.807) is 18.3 Å². The van der Waals surface area contributed by atoms with Crippen LogP contribution in [0.15, 0.2) is 36.7 Å². The van der Waals surface area contributed by atoms with Gasteiger partial charge in [0, 0.05) is 18.9 Å². The minimum Gasteiger partial charge on any atom is -0.441 e. The number of pyridine rings is 1. The average Bonchev–Trinajstić information content (AvgIpc) is 3.04. The Hall–Kier alpha value is -2.62. The molecule has 0 radical (unpaired) electrons. The van der Waals surface area contributed by atoms with Crippen LogP contribution in [0.1, 0.15) is 31.2 Å². The number of anilines is 2. The molecule has 2 aliphatic rings. The van der Waals surface area contributed by atoms with Gasteiger partial charge < -0.3 is 10.1 Å². The lowest BCUT2D eigenvalue weighted by Crippen LogP contribution is -2.39. The van der Waals surface area contributed by atoms with E-state index in [9.17, 15) is 18.0 Å². The van der Waals surface area contributed by atoms with Gasteiger partial charge in [-0.1, -0.05) is 0 Å². The number of hydrogen-bond donors (Lipinski definition) is 1. The second-order valence-electron chi connectivity index (χ2n) is 7.47. The summed E-state index contributed by atoms with van der Waals surface area (Å²) in [5.41, 5.74) is -1.28. The molecular weight excluding hydrogens is 423 g/mol. The fourth-order valence-corrected chi connectivity index (χ4v) is 3.82. The third-order valence-electron chi connectivity index (χ3n) is 5.48. The summed E-state index contributed by atoms with van der Waals surface area (Å²) < 4.78 is 43.5. The van der Waals surface area contributed by atoms with Crippen molar-refractivity contribution >= 4 is 30.1 Å². The largest absolute Gasteiger partial charge is 0.441 e. The van der Waals surface area contributed by atoms with Gasteiger partial charge in [-0.05, 0) is 55.9 Å². The Morgan fingerprint density at radius 2 is 2.00 bits per heavy atom. The van der Waals surface area contributed by atoms with E-state index in [4.69, 9.17) is 4.74 Å². The van der Waals surface area contributed by atoms with Crippen molar-refractivity contribution in [2.45, 2.75) is 37.5 Å². The molecule has 0 aromatic carbocycles. The minimum absolute atomic E-state index is 0. The maximum atomic E-state index is 12.6. The van der Waals surface area contributed by atoms with Gasteiger partial charge in [-0.15, -0.1) is 17.5 Å². The number of nitrogens with zero attached hydrogens (tertiary/aromatic N) is 4. The van der Waals surface area contributed by atoms with Gasteiger partial charge in [-0.2, -0.15) is 18.3 Å². The second-order valence-corrected chi connectivity index (χ2v) is 7.47. The van der Waals surface area contributed by atoms with E-state index in [1.165, 1.54) is 11.0 Å². The predicted octanol–water partition coefficient (Wildman–Crippen LogP) is 4.31. The molecule has 1 spiro atoms. The van der Waals surface area contributed by atoms with E-state index in [2.05, 4.69) is 20.5 Å². The van der Waals surface area contributed by atoms with Crippen LogP contribution in [0.25, 0.3) is 0 Å². The van der Waals surface area contributed by atoms with Crippen LogP contribution in [-0.4, -0.2) is 40.0 Å². The highest BCUT2D eigenvalue weighted by molar-refractivity contribution is 5.89. The molecule has 0 bridgehead atoms. The molecule has 0 atom stereocenters. The highest BCUT2D eigenvalue weighted by Gasteiger charge is 2.48. The molecule has 2 aromatic heterocycles. The SMILES string of the molecule is Cl.O=C1OC2(CCC(CNc3ccc(C(F)(F)F)cn3)CC2)CN1c1cccnn1. The number of rotatable bonds is 4. The van der Waals surface area contributed by atoms with Gasteiger partial charge in [0.2, 0.25) is 0 Å². The van der Waals surface area contributed by atoms with Gasteiger partial charge >= 0.3 is 12.3 Å². The highest BCUT2D eigenvalue weighted by Crippen LogP contribution is 2.40. The summed E-state index contributed by atoms with van der Waals surface area (Å²) in [6.45, 7) is 1.06. The van der Waals surface area contributed by atoms with Crippen LogP contribution >= 0.6 is 12.4 Å². The van der Waals surface area contributed by atoms with E-state index in [-0.39, 0.29) is 12.4 Å². The molecule has 1 N–H and O–H groups in total. The van der Waals surface area contributed by atoms with Gasteiger partial charge in [-0.3, -0.25) is 4.90 Å². The average molecular weight is 444 g/mol. The van der Waals surface area contributed by atoms with Crippen LogP contribution in [0.5, 0.6) is 0 Å². The molecule has 1 aliphatic heterocycles. The Bertz CT molecular complexity index is 859. The molecule has 1 amide bonds. The quantitative estimate of drug-likeness (QED) is 0.758. The van der Waals surface area contributed by atoms with E-state index in [0.717, 1.165) is 37.9 Å². The number of nitrogens with one attached hydrogen (secondary N) is 1. The standard InChI is InChI=1S/C19H20F3N5O2.ClH/c20-19(21,22)14-3-4-15(24-11-14)23-10-13-5-7-18(8-6-13)12-27(17(28)29-18)16-2-1-9-25-26-16;/h1-4,9,11,13H,5-8,10,12H2,(H,23,24);1H. The number of carbonyl (C=O) groups excluding carboxylic acids is 1. The van der Waals surface area contributed by atoms with E-state index in [1.807, 2.05) is 0 Å². The summed E-state index contributed by atoms with van der Waals surface area (Å²) in [7, 11) is 0. The minimum atomic E-state index is -4.39. The fraction of sp³-hybridized carbons (Fsp3) is 0.474. The van der Waals surface area contributed by atoms with Crippen LogP contribution in [-0.2, 0) is 10.9 Å². The summed E-state index contributed by atoms with van der Waals surface area (Å²) in [4.78, 5) is 17.6. The Kier molecular flexibility index (Phi) is 6.35. The van der Waals surface area contributed by atoms with E-state index in [0.29, 0.717) is 30.6 Å². The van der Waals surface area contributed by atoms with Gasteiger partial charge in [-0.25, -0.2) is 9.78 Å². The fourth-order valence-electron chi connectivity index (χ4n) is 3.82. The van der Waals surface area contributed by atoms with Crippen molar-refractivity contribution in [2.24, 2.45) is 5.92 Å². The number of ether oxygens (including phenoxy) is 1. The number of halogens is 4. The van der Waals surface area contributed by atoms with Gasteiger partial charge in [0.1, 0.15) is 11.4 Å². The first-order valence-electron chi connectivity index (χ1n) is 9.40. The maximum Gasteiger partial charge on any atom is 0.417 e. The van der Waals surface area contributed by atoms with Crippen molar-refractivity contribution in [3.63, 3.8) is 0 Å². The molecule has 2 aromatic rings. The van der Waals surface area contributed by atoms with Crippen LogP contribution in [0.2, 0.25) is 0 Å². The Morgan fingerprint density at radius 3 is 2.60 bits per heavy atom. The zero-order valence-corrected chi connectivity index (χ0v) is 16.7. The predicted molar refractivity (Wildman–Crippen MR) is 106 cm³/mol. The van der Waals surface area contributed by atoms with Gasteiger partial charge in [0.05, 0.1) is 12.1 Å². The second kappa shape index (κ2) is 8.63. The lowest BCUT2D eigenvalue weighted by atomic mass is 9.78. The summed E-state index contributed by atoms with van der Waals surface area (Å²) in [5, 5.41) is 10.9. The zero-order chi connectivity index (χ0) is 20.5. The molecule has 7 nitrogen and oxygen atoms in total. The first-order chi connectivity index (χ1) is 13.8. The number of carbonyl (C=O) groups is 1. The van der Waals surface area contributed by atoms with Crippen molar-refractivity contribution in [2.75, 3.05) is 23.3 Å². The lowest BCUT2D eigenvalue weighted by molar-refractivity contribution is -0.137. The molecular formula is C19H21ClF3N5O2. The third kappa shape index (κ3) is 4.75. The monoisotopic (exact) mass is 443 g/mol. The normalized spacial score (nSPS) is 23.8. The van der Waals surface area contributed by atoms with E-state index < -0.39 is 23.4 Å². The van der Waals surface area contributed by atoms with Crippen molar-refractivity contribution in [1.82, 2.24) is 15.2 Å². The highest BCUT2D eigenvalue weighted by atomic mass is 35.5. The molecule has 2 fully saturated rings. The molecule has 162 valence electrons. The first-order valence-corrected chi connectivity index (χ1v) is 9.40. The van der Waals surface area contributed by atoms with Crippen molar-refractivity contribution in [3.05, 3.63) is 42.2 Å². The lowest BCUT2D eigenvalue weighted by Gasteiger charge is -2.35. The van der Waals surface area contributed by atoms with Crippen LogP contribution in [0.4, 0.5) is 29.6 Å². The third-order valence-corrected chi connectivity index (χ3v) is 5.48. The Labute approximate surface area is 177 Å². The Morgan fingerprint density at radius 1 is 1.23 bits per heavy atom. The molecule has 1 saturated heterocycles. The molecule has 4 rings (SSSR count). The molecule has 3 heterocycles. The van der Waals surface area contributed by atoms with Crippen LogP contribution < -0.4 is 10.2 Å². The summed E-state index contributed by atoms with van der Waals surface area (Å²) in [5.74, 6) is 1.22. The molecule has 0 unspecified atom stereocenters. The molecule has 11 heteroatoms. The van der Waals surface area contributed by atoms with Crippen molar-refractivity contribution < 1.29 is 22.7 Å². The molecule has 1 saturated carbocycles. The maximum absolute atomic E-state index is 12.6. The zero-order valence-electron chi connectivity index (χ0n) is 15.9. The summed E-state index contributed by atoms with van der Waals surface area (Å²) >= 11 is 0. The summed E-state index contributed by atoms with van der Waals surface area (Å²) in [6, 6.07) is 5.80. The van der Waals surface area contributed by atoms with Crippen LogP contribution in [0.3, 0.4) is 0 Å².